The van der Waals surface area contributed by atoms with Crippen LogP contribution in [0.1, 0.15) is 5.56 Å². The van der Waals surface area contributed by atoms with Gasteiger partial charge in [0.1, 0.15) is 5.75 Å². The molecule has 0 spiro atoms. The molecular formula is C15H12ClNO2. The Kier molecular flexibility index (Phi) is 4.21. The second-order valence-electron chi connectivity index (χ2n) is 3.92. The summed E-state index contributed by atoms with van der Waals surface area (Å²) in [5.74, 6) is -0.0738. The molecule has 0 bridgehead atoms. The lowest BCUT2D eigenvalue weighted by atomic mass is 10.2. The average Bonchev–Trinajstić information content (AvgIpc) is 2.41. The number of carbonyl (C=O) groups is 1. The van der Waals surface area contributed by atoms with E-state index in [1.165, 1.54) is 18.2 Å². The van der Waals surface area contributed by atoms with Crippen molar-refractivity contribution < 1.29 is 9.90 Å². The molecule has 0 aromatic heterocycles. The number of phenols is 1. The number of aromatic hydroxyl groups is 1. The van der Waals surface area contributed by atoms with Crippen LogP contribution in [-0.2, 0) is 4.79 Å². The minimum Gasteiger partial charge on any atom is -0.508 e. The molecule has 0 unspecified atom stereocenters. The number of phenolic OH excluding ortho intramolecular Hbond substituents is 1. The number of halogens is 1. The van der Waals surface area contributed by atoms with Crippen molar-refractivity contribution in [2.45, 2.75) is 0 Å². The van der Waals surface area contributed by atoms with E-state index < -0.39 is 0 Å². The van der Waals surface area contributed by atoms with E-state index >= 15 is 0 Å². The molecule has 0 atom stereocenters. The maximum absolute atomic E-state index is 11.7. The highest BCUT2D eigenvalue weighted by atomic mass is 35.5. The summed E-state index contributed by atoms with van der Waals surface area (Å²) in [5, 5.41) is 12.5. The third-order valence-electron chi connectivity index (χ3n) is 2.43. The molecule has 0 saturated carbocycles. The van der Waals surface area contributed by atoms with Gasteiger partial charge in [0, 0.05) is 16.8 Å². The van der Waals surface area contributed by atoms with Crippen LogP contribution >= 0.6 is 11.6 Å². The third kappa shape index (κ3) is 4.16. The number of carbonyl (C=O) groups excluding carboxylic acids is 1. The fourth-order valence-electron chi connectivity index (χ4n) is 1.47. The second kappa shape index (κ2) is 6.07. The highest BCUT2D eigenvalue weighted by Crippen LogP contribution is 2.14. The molecule has 0 radical (unpaired) electrons. The number of nitrogens with one attached hydrogen (secondary N) is 1. The number of hydrogen-bond acceptors (Lipinski definition) is 2. The molecule has 19 heavy (non-hydrogen) atoms. The van der Waals surface area contributed by atoms with Crippen LogP contribution in [-0.4, -0.2) is 11.0 Å². The fourth-order valence-corrected chi connectivity index (χ4v) is 1.60. The first-order valence-electron chi connectivity index (χ1n) is 5.67. The number of amides is 1. The van der Waals surface area contributed by atoms with E-state index in [0.717, 1.165) is 5.56 Å². The van der Waals surface area contributed by atoms with Crippen molar-refractivity contribution >= 4 is 29.3 Å². The van der Waals surface area contributed by atoms with Crippen LogP contribution in [0.25, 0.3) is 6.08 Å². The van der Waals surface area contributed by atoms with E-state index in [2.05, 4.69) is 5.32 Å². The van der Waals surface area contributed by atoms with Crippen molar-refractivity contribution in [3.05, 3.63) is 65.2 Å². The van der Waals surface area contributed by atoms with Crippen LogP contribution in [0.4, 0.5) is 5.69 Å². The first-order chi connectivity index (χ1) is 9.13. The highest BCUT2D eigenvalue weighted by molar-refractivity contribution is 6.30. The van der Waals surface area contributed by atoms with Crippen molar-refractivity contribution in [2.24, 2.45) is 0 Å². The van der Waals surface area contributed by atoms with Gasteiger partial charge in [-0.1, -0.05) is 23.7 Å². The van der Waals surface area contributed by atoms with E-state index in [9.17, 15) is 4.79 Å². The summed E-state index contributed by atoms with van der Waals surface area (Å²) in [6.45, 7) is 0. The summed E-state index contributed by atoms with van der Waals surface area (Å²) in [6, 6.07) is 13.5. The Hall–Kier alpha value is -2.26. The molecule has 2 aromatic rings. The van der Waals surface area contributed by atoms with E-state index in [0.29, 0.717) is 10.7 Å². The monoisotopic (exact) mass is 273 g/mol. The number of hydrogen-bond donors (Lipinski definition) is 2. The molecule has 0 heterocycles. The Labute approximate surface area is 116 Å². The van der Waals surface area contributed by atoms with Gasteiger partial charge in [-0.05, 0) is 48.0 Å². The van der Waals surface area contributed by atoms with E-state index in [-0.39, 0.29) is 11.7 Å². The lowest BCUT2D eigenvalue weighted by Gasteiger charge is -2.01. The van der Waals surface area contributed by atoms with Crippen molar-refractivity contribution in [2.75, 3.05) is 5.32 Å². The number of benzene rings is 2. The lowest BCUT2D eigenvalue weighted by molar-refractivity contribution is -0.111. The Morgan fingerprint density at radius 3 is 2.32 bits per heavy atom. The van der Waals surface area contributed by atoms with Crippen LogP contribution in [0, 0.1) is 0 Å². The smallest absolute Gasteiger partial charge is 0.248 e. The van der Waals surface area contributed by atoms with Gasteiger partial charge in [0.15, 0.2) is 0 Å². The van der Waals surface area contributed by atoms with Gasteiger partial charge in [-0.25, -0.2) is 0 Å². The molecule has 2 rings (SSSR count). The van der Waals surface area contributed by atoms with E-state index in [4.69, 9.17) is 16.7 Å². The van der Waals surface area contributed by atoms with Gasteiger partial charge in [-0.3, -0.25) is 4.79 Å². The summed E-state index contributed by atoms with van der Waals surface area (Å²) >= 11 is 5.77. The molecule has 2 aromatic carbocycles. The third-order valence-corrected chi connectivity index (χ3v) is 2.68. The van der Waals surface area contributed by atoms with Crippen LogP contribution in [0.3, 0.4) is 0 Å². The maximum atomic E-state index is 11.7. The van der Waals surface area contributed by atoms with Crippen molar-refractivity contribution in [1.82, 2.24) is 0 Å². The van der Waals surface area contributed by atoms with E-state index in [1.807, 2.05) is 12.1 Å². The summed E-state index contributed by atoms with van der Waals surface area (Å²) in [6.07, 6.45) is 3.14. The van der Waals surface area contributed by atoms with Gasteiger partial charge in [-0.2, -0.15) is 0 Å². The summed E-state index contributed by atoms with van der Waals surface area (Å²) in [7, 11) is 0. The minimum absolute atomic E-state index is 0.162. The summed E-state index contributed by atoms with van der Waals surface area (Å²) in [4.78, 5) is 11.7. The average molecular weight is 274 g/mol. The van der Waals surface area contributed by atoms with Crippen molar-refractivity contribution in [1.29, 1.82) is 0 Å². The molecular weight excluding hydrogens is 262 g/mol. The Bertz CT molecular complexity index is 589. The molecule has 0 aliphatic carbocycles. The van der Waals surface area contributed by atoms with Crippen LogP contribution < -0.4 is 5.32 Å². The second-order valence-corrected chi connectivity index (χ2v) is 4.36. The van der Waals surface area contributed by atoms with Crippen LogP contribution in [0.2, 0.25) is 5.02 Å². The standard InChI is InChI=1S/C15H12ClNO2/c16-12-4-1-11(2-5-12)3-10-15(19)17-13-6-8-14(18)9-7-13/h1-10,18H,(H,17,19)/b10-3-. The predicted octanol–water partition coefficient (Wildman–Crippen LogP) is 3.70. The summed E-state index contributed by atoms with van der Waals surface area (Å²) < 4.78 is 0. The molecule has 0 aliphatic heterocycles. The quantitative estimate of drug-likeness (QED) is 0.662. The minimum atomic E-state index is -0.236. The predicted molar refractivity (Wildman–Crippen MR) is 77.2 cm³/mol. The van der Waals surface area contributed by atoms with Gasteiger partial charge in [0.05, 0.1) is 0 Å². The first kappa shape index (κ1) is 13.2. The molecule has 0 aliphatic rings. The fraction of sp³-hybridized carbons (Fsp3) is 0. The normalized spacial score (nSPS) is 10.6. The molecule has 0 saturated heterocycles. The zero-order valence-corrected chi connectivity index (χ0v) is 10.8. The lowest BCUT2D eigenvalue weighted by Crippen LogP contribution is -2.07. The van der Waals surface area contributed by atoms with Gasteiger partial charge >= 0.3 is 0 Å². The van der Waals surface area contributed by atoms with Gasteiger partial charge in [0.25, 0.3) is 0 Å². The molecule has 3 nitrogen and oxygen atoms in total. The Morgan fingerprint density at radius 1 is 1.05 bits per heavy atom. The van der Waals surface area contributed by atoms with Crippen LogP contribution in [0.5, 0.6) is 5.75 Å². The van der Waals surface area contributed by atoms with Crippen molar-refractivity contribution in [3.8, 4) is 5.75 Å². The van der Waals surface area contributed by atoms with E-state index in [1.54, 1.807) is 30.3 Å². The number of anilines is 1. The van der Waals surface area contributed by atoms with Crippen molar-refractivity contribution in [3.63, 3.8) is 0 Å². The Balaban J connectivity index is 1.97. The summed E-state index contributed by atoms with van der Waals surface area (Å²) in [5.41, 5.74) is 1.52. The first-order valence-corrected chi connectivity index (χ1v) is 6.05. The van der Waals surface area contributed by atoms with Gasteiger partial charge < -0.3 is 10.4 Å². The zero-order valence-electron chi connectivity index (χ0n) is 10.0. The SMILES string of the molecule is O=C(/C=C\c1ccc(Cl)cc1)Nc1ccc(O)cc1. The molecule has 4 heteroatoms. The molecule has 0 fully saturated rings. The maximum Gasteiger partial charge on any atom is 0.248 e. The molecule has 2 N–H and O–H groups in total. The largest absolute Gasteiger partial charge is 0.508 e. The molecule has 96 valence electrons. The van der Waals surface area contributed by atoms with Gasteiger partial charge in [0.2, 0.25) is 5.91 Å². The van der Waals surface area contributed by atoms with Crippen LogP contribution in [0.15, 0.2) is 54.6 Å². The topological polar surface area (TPSA) is 49.3 Å². The number of rotatable bonds is 3. The molecule has 1 amide bonds. The Morgan fingerprint density at radius 2 is 1.68 bits per heavy atom. The van der Waals surface area contributed by atoms with Gasteiger partial charge in [-0.15, -0.1) is 0 Å². The zero-order chi connectivity index (χ0) is 13.7. The highest BCUT2D eigenvalue weighted by Gasteiger charge is 1.97.